The molecule has 3 rings (SSSR count). The highest BCUT2D eigenvalue weighted by Crippen LogP contribution is 2.27. The van der Waals surface area contributed by atoms with Crippen LogP contribution in [0.15, 0.2) is 58.3 Å². The summed E-state index contributed by atoms with van der Waals surface area (Å²) >= 11 is 1.35. The van der Waals surface area contributed by atoms with E-state index in [1.165, 1.54) is 11.3 Å². The first-order chi connectivity index (χ1) is 22.7. The van der Waals surface area contributed by atoms with Crippen LogP contribution < -0.4 is 28.3 Å². The summed E-state index contributed by atoms with van der Waals surface area (Å²) in [4.78, 5) is 62.5. The summed E-state index contributed by atoms with van der Waals surface area (Å²) in [6.45, 7) is 5.56. The third-order valence-electron chi connectivity index (χ3n) is 8.52. The predicted molar refractivity (Wildman–Crippen MR) is 187 cm³/mol. The number of phenols is 1. The van der Waals surface area contributed by atoms with E-state index >= 15 is 0 Å². The first kappa shape index (κ1) is 37.8. The molecule has 0 saturated heterocycles. The monoisotopic (exact) mass is 677 g/mol. The topological polar surface area (TPSA) is 230 Å². The number of carbonyl (C=O) groups excluding carboxylic acids is 4. The minimum Gasteiger partial charge on any atom is -0.508 e. The minimum atomic E-state index is -1.47. The number of benzene rings is 2. The van der Waals surface area contributed by atoms with Crippen molar-refractivity contribution in [3.05, 3.63) is 81.3 Å². The highest BCUT2D eigenvalue weighted by Gasteiger charge is 2.39. The third-order valence-corrected chi connectivity index (χ3v) is 9.16. The zero-order valence-corrected chi connectivity index (χ0v) is 28.6. The van der Waals surface area contributed by atoms with E-state index in [1.54, 1.807) is 29.9 Å². The molecule has 0 aliphatic rings. The molecule has 4 atom stereocenters. The average Bonchev–Trinajstić information content (AvgIpc) is 3.52. The van der Waals surface area contributed by atoms with Gasteiger partial charge in [0.25, 0.3) is 0 Å². The number of hydrogen-bond acceptors (Lipinski definition) is 9. The Balaban J connectivity index is 1.91. The van der Waals surface area contributed by atoms with Crippen LogP contribution in [0.3, 0.4) is 0 Å². The fourth-order valence-electron chi connectivity index (χ4n) is 5.77. The quantitative estimate of drug-likeness (QED) is 0.0621. The Morgan fingerprint density at radius 2 is 1.67 bits per heavy atom. The molecule has 0 spiro atoms. The van der Waals surface area contributed by atoms with Gasteiger partial charge >= 0.3 is 0 Å². The molecule has 48 heavy (non-hydrogen) atoms. The Morgan fingerprint density at radius 1 is 1.00 bits per heavy atom. The Bertz CT molecular complexity index is 1570. The fourth-order valence-corrected chi connectivity index (χ4v) is 6.32. The number of thiazole rings is 1. The van der Waals surface area contributed by atoms with Crippen molar-refractivity contribution in [3.63, 3.8) is 0 Å². The van der Waals surface area contributed by atoms with Crippen molar-refractivity contribution >= 4 is 40.7 Å². The van der Waals surface area contributed by atoms with Gasteiger partial charge in [-0.2, -0.15) is 0 Å². The third kappa shape index (κ3) is 11.3. The summed E-state index contributed by atoms with van der Waals surface area (Å²) in [6.07, 6.45) is 0.897. The number of nitrogens with zero attached hydrogens (tertiary/aromatic N) is 2. The van der Waals surface area contributed by atoms with Gasteiger partial charge in [-0.3, -0.25) is 24.2 Å². The van der Waals surface area contributed by atoms with Crippen LogP contribution in [0.5, 0.6) is 5.75 Å². The van der Waals surface area contributed by atoms with Gasteiger partial charge in [-0.1, -0.05) is 30.3 Å². The fraction of sp³-hybridized carbons (Fsp3) is 0.429. The number of primary amides is 1. The molecule has 0 radical (unpaired) electrons. The number of amides is 2. The minimum absolute atomic E-state index is 0.0521. The Kier molecular flexibility index (Phi) is 13.8. The second kappa shape index (κ2) is 17.5. The van der Waals surface area contributed by atoms with Crippen LogP contribution in [-0.2, 0) is 38.4 Å². The number of guanidine groups is 1. The van der Waals surface area contributed by atoms with Crippen LogP contribution in [0.25, 0.3) is 0 Å². The molecular formula is C35H47N7O5S. The highest BCUT2D eigenvalue weighted by atomic mass is 32.1. The molecule has 1 aromatic heterocycles. The largest absolute Gasteiger partial charge is 0.508 e. The zero-order valence-electron chi connectivity index (χ0n) is 27.8. The summed E-state index contributed by atoms with van der Waals surface area (Å²) in [7, 11) is 0. The number of nitrogens with one attached hydrogen (secondary N) is 1. The normalized spacial score (nSPS) is 14.2. The van der Waals surface area contributed by atoms with E-state index in [0.717, 1.165) is 22.3 Å². The van der Waals surface area contributed by atoms with Crippen molar-refractivity contribution in [1.82, 2.24) is 10.3 Å². The maximum atomic E-state index is 14.2. The van der Waals surface area contributed by atoms with E-state index in [1.807, 2.05) is 44.2 Å². The maximum Gasteiger partial charge on any atom is 0.224 e. The second-order valence-corrected chi connectivity index (χ2v) is 13.3. The van der Waals surface area contributed by atoms with E-state index in [4.69, 9.17) is 22.9 Å². The molecule has 0 unspecified atom stereocenters. The molecule has 3 aromatic rings. The van der Waals surface area contributed by atoms with Crippen molar-refractivity contribution in [2.24, 2.45) is 39.8 Å². The lowest BCUT2D eigenvalue weighted by Gasteiger charge is -2.32. The zero-order chi connectivity index (χ0) is 35.4. The number of phenolic OH excluding ortho intramolecular Hbond substituents is 1. The molecular weight excluding hydrogens is 630 g/mol. The van der Waals surface area contributed by atoms with Crippen molar-refractivity contribution in [3.8, 4) is 5.75 Å². The number of aryl methyl sites for hydroxylation is 2. The van der Waals surface area contributed by atoms with Gasteiger partial charge in [0.1, 0.15) is 17.1 Å². The van der Waals surface area contributed by atoms with Gasteiger partial charge in [0.05, 0.1) is 17.2 Å². The predicted octanol–water partition coefficient (Wildman–Crippen LogP) is 2.39. The van der Waals surface area contributed by atoms with Crippen LogP contribution in [0.2, 0.25) is 0 Å². The SMILES string of the molecule is Cc1cc(O)cc(C)c1C[C@H](CC(=O)[C@H](N)CCCN=C(N)N)C(=O)N[C@@](C)(Cc1cscn1)C(=O)C[C@@H](Cc1ccccc1)C(N)=O. The summed E-state index contributed by atoms with van der Waals surface area (Å²) in [5, 5.41) is 14.9. The van der Waals surface area contributed by atoms with Gasteiger partial charge < -0.3 is 33.4 Å². The van der Waals surface area contributed by atoms with Crippen molar-refractivity contribution < 1.29 is 24.3 Å². The van der Waals surface area contributed by atoms with Crippen LogP contribution in [0, 0.1) is 25.7 Å². The molecule has 1 heterocycles. The smallest absolute Gasteiger partial charge is 0.224 e. The Morgan fingerprint density at radius 3 is 2.25 bits per heavy atom. The molecule has 0 fully saturated rings. The molecule has 0 bridgehead atoms. The summed E-state index contributed by atoms with van der Waals surface area (Å²) in [5.41, 5.74) is 26.7. The van der Waals surface area contributed by atoms with Crippen LogP contribution in [0.4, 0.5) is 0 Å². The number of ketones is 2. The molecule has 0 saturated carbocycles. The number of rotatable bonds is 19. The molecule has 2 amide bonds. The molecule has 2 aromatic carbocycles. The van der Waals surface area contributed by atoms with Crippen molar-refractivity contribution in [2.45, 2.75) is 77.3 Å². The molecule has 258 valence electrons. The lowest BCUT2D eigenvalue weighted by molar-refractivity contribution is -0.136. The summed E-state index contributed by atoms with van der Waals surface area (Å²) in [6, 6.07) is 11.6. The standard InChI is InChI=1S/C35H47N7O5S/c1-21-12-27(43)13-22(2)28(21)15-25(16-30(44)29(36)10-7-11-40-34(38)39)33(47)42-35(3,18-26-19-48-20-41-26)31(45)17-24(32(37)46)14-23-8-5-4-6-9-23/h4-6,8-9,12-13,19-20,24-25,29,43H,7,10-11,14-18,36H2,1-3H3,(H2,37,46)(H,42,47)(H4,38,39,40)/t24-,25-,29-,35+/m1/s1. The molecule has 0 aliphatic carbocycles. The van der Waals surface area contributed by atoms with Gasteiger partial charge in [-0.05, 0) is 80.8 Å². The number of hydrogen-bond donors (Lipinski definition) is 6. The molecule has 12 nitrogen and oxygen atoms in total. The Labute approximate surface area is 285 Å². The van der Waals surface area contributed by atoms with Gasteiger partial charge in [-0.15, -0.1) is 11.3 Å². The van der Waals surface area contributed by atoms with E-state index in [-0.39, 0.29) is 55.4 Å². The first-order valence-corrected chi connectivity index (χ1v) is 16.8. The van der Waals surface area contributed by atoms with Gasteiger partial charge in [0.2, 0.25) is 11.8 Å². The molecule has 10 N–H and O–H groups in total. The van der Waals surface area contributed by atoms with E-state index < -0.39 is 35.2 Å². The lowest BCUT2D eigenvalue weighted by atomic mass is 9.82. The number of aromatic hydroxyl groups is 1. The number of carbonyl (C=O) groups is 4. The van der Waals surface area contributed by atoms with Crippen molar-refractivity contribution in [2.75, 3.05) is 6.54 Å². The molecule has 13 heteroatoms. The van der Waals surface area contributed by atoms with Gasteiger partial charge in [0.15, 0.2) is 11.7 Å². The molecule has 0 aliphatic heterocycles. The van der Waals surface area contributed by atoms with Crippen LogP contribution in [-0.4, -0.2) is 57.6 Å². The first-order valence-electron chi connectivity index (χ1n) is 15.9. The van der Waals surface area contributed by atoms with Crippen molar-refractivity contribution in [1.29, 1.82) is 0 Å². The average molecular weight is 678 g/mol. The summed E-state index contributed by atoms with van der Waals surface area (Å²) in [5.74, 6) is -3.51. The van der Waals surface area contributed by atoms with E-state index in [9.17, 15) is 24.3 Å². The summed E-state index contributed by atoms with van der Waals surface area (Å²) < 4.78 is 0. The van der Waals surface area contributed by atoms with Crippen LogP contribution in [0.1, 0.15) is 60.6 Å². The van der Waals surface area contributed by atoms with Gasteiger partial charge in [-0.25, -0.2) is 4.98 Å². The van der Waals surface area contributed by atoms with Crippen LogP contribution >= 0.6 is 11.3 Å². The number of aromatic nitrogens is 1. The lowest BCUT2D eigenvalue weighted by Crippen LogP contribution is -2.56. The van der Waals surface area contributed by atoms with E-state index in [2.05, 4.69) is 15.3 Å². The second-order valence-electron chi connectivity index (χ2n) is 12.6. The van der Waals surface area contributed by atoms with E-state index in [0.29, 0.717) is 25.1 Å². The number of nitrogens with two attached hydrogens (primary N) is 4. The van der Waals surface area contributed by atoms with Gasteiger partial charge in [0, 0.05) is 43.0 Å². The number of Topliss-reactive ketones (excluding diaryl/α,β-unsaturated/α-hetero) is 2. The number of aliphatic imine (C=N–C) groups is 1. The maximum absolute atomic E-state index is 14.2. The highest BCUT2D eigenvalue weighted by molar-refractivity contribution is 7.07. The Hall–Kier alpha value is -4.62.